The quantitative estimate of drug-likeness (QED) is 0.667. The van der Waals surface area contributed by atoms with Gasteiger partial charge in [0.15, 0.2) is 0 Å². The highest BCUT2D eigenvalue weighted by atomic mass is 19.4. The van der Waals surface area contributed by atoms with E-state index in [4.69, 9.17) is 0 Å². The lowest BCUT2D eigenvalue weighted by molar-refractivity contribution is -0.135. The molecule has 0 radical (unpaired) electrons. The summed E-state index contributed by atoms with van der Waals surface area (Å²) in [6.45, 7) is 4.33. The highest BCUT2D eigenvalue weighted by Crippen LogP contribution is 2.21. The van der Waals surface area contributed by atoms with Gasteiger partial charge in [0.05, 0.1) is 6.54 Å². The lowest BCUT2D eigenvalue weighted by Gasteiger charge is -2.09. The second-order valence-electron chi connectivity index (χ2n) is 3.96. The van der Waals surface area contributed by atoms with Crippen molar-refractivity contribution >= 4 is 5.91 Å². The Morgan fingerprint density at radius 2 is 1.88 bits per heavy atom. The molecule has 3 nitrogen and oxygen atoms in total. The molecular weight excluding hydrogens is 221 g/mol. The van der Waals surface area contributed by atoms with E-state index in [2.05, 4.69) is 10.6 Å². The van der Waals surface area contributed by atoms with Gasteiger partial charge >= 0.3 is 6.18 Å². The first-order chi connectivity index (χ1) is 7.31. The van der Waals surface area contributed by atoms with E-state index in [9.17, 15) is 18.0 Å². The zero-order chi connectivity index (χ0) is 12.6. The fourth-order valence-electron chi connectivity index (χ4n) is 1.04. The van der Waals surface area contributed by atoms with E-state index < -0.39 is 12.6 Å². The smallest absolute Gasteiger partial charge is 0.355 e. The van der Waals surface area contributed by atoms with E-state index in [-0.39, 0.29) is 24.9 Å². The Hall–Kier alpha value is -0.780. The third kappa shape index (κ3) is 11.3. The molecule has 0 saturated carbocycles. The summed E-state index contributed by atoms with van der Waals surface area (Å²) in [6.07, 6.45) is -4.47. The molecule has 16 heavy (non-hydrogen) atoms. The maximum Gasteiger partial charge on any atom is 0.389 e. The summed E-state index contributed by atoms with van der Waals surface area (Å²) in [5, 5.41) is 5.47. The van der Waals surface area contributed by atoms with Crippen LogP contribution in [0.4, 0.5) is 13.2 Å². The van der Waals surface area contributed by atoms with Gasteiger partial charge in [-0.1, -0.05) is 13.8 Å². The van der Waals surface area contributed by atoms with Crippen molar-refractivity contribution in [3.8, 4) is 0 Å². The Labute approximate surface area is 93.8 Å². The van der Waals surface area contributed by atoms with Crippen LogP contribution in [-0.2, 0) is 4.79 Å². The molecule has 0 spiro atoms. The molecule has 6 heteroatoms. The minimum atomic E-state index is -4.09. The fraction of sp³-hybridized carbons (Fsp3) is 0.900. The van der Waals surface area contributed by atoms with Crippen LogP contribution >= 0.6 is 0 Å². The van der Waals surface area contributed by atoms with Crippen LogP contribution < -0.4 is 10.6 Å². The van der Waals surface area contributed by atoms with Gasteiger partial charge in [0, 0.05) is 19.0 Å². The van der Waals surface area contributed by atoms with E-state index in [1.54, 1.807) is 0 Å². The Kier molecular flexibility index (Phi) is 7.12. The SMILES string of the molecule is CC(C)NCC(=O)NCCCCC(F)(F)F. The van der Waals surface area contributed by atoms with Crippen LogP contribution in [0.15, 0.2) is 0 Å². The highest BCUT2D eigenvalue weighted by molar-refractivity contribution is 5.77. The highest BCUT2D eigenvalue weighted by Gasteiger charge is 2.25. The summed E-state index contributed by atoms with van der Waals surface area (Å²) >= 11 is 0. The van der Waals surface area contributed by atoms with E-state index in [1.165, 1.54) is 0 Å². The zero-order valence-electron chi connectivity index (χ0n) is 9.66. The van der Waals surface area contributed by atoms with Crippen molar-refractivity contribution in [2.45, 2.75) is 45.3 Å². The predicted octanol–water partition coefficient (Wildman–Crippen LogP) is 1.83. The van der Waals surface area contributed by atoms with Crippen LogP contribution in [0.5, 0.6) is 0 Å². The molecule has 0 bridgehead atoms. The minimum absolute atomic E-state index is 0.0569. The van der Waals surface area contributed by atoms with Crippen LogP contribution in [0.3, 0.4) is 0 Å². The van der Waals surface area contributed by atoms with Crippen molar-refractivity contribution in [1.82, 2.24) is 10.6 Å². The van der Waals surface area contributed by atoms with E-state index in [0.717, 1.165) is 0 Å². The van der Waals surface area contributed by atoms with Crippen molar-refractivity contribution < 1.29 is 18.0 Å². The second-order valence-corrected chi connectivity index (χ2v) is 3.96. The molecule has 0 unspecified atom stereocenters. The first-order valence-electron chi connectivity index (χ1n) is 5.38. The minimum Gasteiger partial charge on any atom is -0.355 e. The molecule has 0 rings (SSSR count). The molecule has 0 aliphatic carbocycles. The monoisotopic (exact) mass is 240 g/mol. The predicted molar refractivity (Wildman–Crippen MR) is 56.1 cm³/mol. The van der Waals surface area contributed by atoms with Crippen LogP contribution in [0.25, 0.3) is 0 Å². The van der Waals surface area contributed by atoms with E-state index in [0.29, 0.717) is 13.0 Å². The maximum atomic E-state index is 11.8. The van der Waals surface area contributed by atoms with Gasteiger partial charge in [-0.05, 0) is 12.8 Å². The van der Waals surface area contributed by atoms with Crippen molar-refractivity contribution in [2.75, 3.05) is 13.1 Å². The van der Waals surface area contributed by atoms with E-state index in [1.807, 2.05) is 13.8 Å². The van der Waals surface area contributed by atoms with Crippen molar-refractivity contribution in [3.05, 3.63) is 0 Å². The molecule has 0 saturated heterocycles. The molecule has 0 heterocycles. The van der Waals surface area contributed by atoms with Crippen LogP contribution in [0.2, 0.25) is 0 Å². The van der Waals surface area contributed by atoms with Gasteiger partial charge in [-0.2, -0.15) is 13.2 Å². The number of carbonyl (C=O) groups excluding carboxylic acids is 1. The standard InChI is InChI=1S/C10H19F3N2O/c1-8(2)15-7-9(16)14-6-4-3-5-10(11,12)13/h8,15H,3-7H2,1-2H3,(H,14,16). The first kappa shape index (κ1) is 15.2. The summed E-state index contributed by atoms with van der Waals surface area (Å²) in [5.74, 6) is -0.180. The van der Waals surface area contributed by atoms with Gasteiger partial charge in [0.2, 0.25) is 5.91 Å². The Balaban J connectivity index is 3.35. The molecule has 0 atom stereocenters. The van der Waals surface area contributed by atoms with Crippen LogP contribution in [-0.4, -0.2) is 31.2 Å². The third-order valence-corrected chi connectivity index (χ3v) is 1.88. The number of amides is 1. The van der Waals surface area contributed by atoms with Crippen molar-refractivity contribution in [2.24, 2.45) is 0 Å². The lowest BCUT2D eigenvalue weighted by Crippen LogP contribution is -2.37. The number of halogens is 3. The summed E-state index contributed by atoms with van der Waals surface area (Å²) in [7, 11) is 0. The van der Waals surface area contributed by atoms with Gasteiger partial charge in [0.1, 0.15) is 0 Å². The van der Waals surface area contributed by atoms with Gasteiger partial charge in [0.25, 0.3) is 0 Å². The lowest BCUT2D eigenvalue weighted by atomic mass is 10.2. The number of carbonyl (C=O) groups is 1. The van der Waals surface area contributed by atoms with Crippen LogP contribution in [0, 0.1) is 0 Å². The number of hydrogen-bond acceptors (Lipinski definition) is 2. The maximum absolute atomic E-state index is 11.8. The molecule has 1 amide bonds. The molecule has 0 aromatic rings. The molecule has 0 fully saturated rings. The van der Waals surface area contributed by atoms with Crippen molar-refractivity contribution in [3.63, 3.8) is 0 Å². The molecule has 96 valence electrons. The molecule has 0 aliphatic heterocycles. The molecule has 2 N–H and O–H groups in total. The summed E-state index contributed by atoms with van der Waals surface area (Å²) in [4.78, 5) is 11.1. The van der Waals surface area contributed by atoms with Gasteiger partial charge in [-0.3, -0.25) is 4.79 Å². The Morgan fingerprint density at radius 1 is 1.25 bits per heavy atom. The van der Waals surface area contributed by atoms with Gasteiger partial charge in [-0.15, -0.1) is 0 Å². The average molecular weight is 240 g/mol. The van der Waals surface area contributed by atoms with Crippen molar-refractivity contribution in [1.29, 1.82) is 0 Å². The van der Waals surface area contributed by atoms with E-state index >= 15 is 0 Å². The van der Waals surface area contributed by atoms with Gasteiger partial charge in [-0.25, -0.2) is 0 Å². The topological polar surface area (TPSA) is 41.1 Å². The first-order valence-corrected chi connectivity index (χ1v) is 5.38. The summed E-state index contributed by atoms with van der Waals surface area (Å²) in [5.41, 5.74) is 0. The fourth-order valence-corrected chi connectivity index (χ4v) is 1.04. The number of nitrogens with one attached hydrogen (secondary N) is 2. The largest absolute Gasteiger partial charge is 0.389 e. The Morgan fingerprint density at radius 3 is 2.38 bits per heavy atom. The van der Waals surface area contributed by atoms with Crippen LogP contribution in [0.1, 0.15) is 33.1 Å². The average Bonchev–Trinajstić information content (AvgIpc) is 2.12. The zero-order valence-corrected chi connectivity index (χ0v) is 9.66. The molecule has 0 aromatic heterocycles. The Bertz CT molecular complexity index is 205. The normalized spacial score (nSPS) is 11.9. The van der Waals surface area contributed by atoms with Gasteiger partial charge < -0.3 is 10.6 Å². The number of alkyl halides is 3. The third-order valence-electron chi connectivity index (χ3n) is 1.88. The second kappa shape index (κ2) is 7.49. The summed E-state index contributed by atoms with van der Waals surface area (Å²) in [6, 6.07) is 0.218. The number of rotatable bonds is 7. The molecule has 0 aliphatic rings. The number of unbranched alkanes of at least 4 members (excludes halogenated alkanes) is 1. The number of hydrogen-bond donors (Lipinski definition) is 2. The summed E-state index contributed by atoms with van der Waals surface area (Å²) < 4.78 is 35.3. The molecular formula is C10H19F3N2O. The molecule has 0 aromatic carbocycles.